The Labute approximate surface area is 112 Å². The van der Waals surface area contributed by atoms with Crippen molar-refractivity contribution in [3.63, 3.8) is 0 Å². The minimum Gasteiger partial charge on any atom is -0.329 e. The van der Waals surface area contributed by atoms with Gasteiger partial charge in [-0.25, -0.2) is 8.78 Å². The van der Waals surface area contributed by atoms with Crippen molar-refractivity contribution in [2.24, 2.45) is 11.7 Å². The normalized spacial score (nSPS) is 20.8. The summed E-state index contributed by atoms with van der Waals surface area (Å²) in [6.45, 7) is 1.43. The summed E-state index contributed by atoms with van der Waals surface area (Å²) in [5.74, 6) is -0.278. The number of hydrogen-bond donors (Lipinski definition) is 1. The third kappa shape index (κ3) is 3.12. The average molecular weight is 266 g/mol. The van der Waals surface area contributed by atoms with Gasteiger partial charge in [0, 0.05) is 31.2 Å². The lowest BCUT2D eigenvalue weighted by Gasteiger charge is -2.31. The van der Waals surface area contributed by atoms with Gasteiger partial charge in [-0.1, -0.05) is 0 Å². The van der Waals surface area contributed by atoms with Gasteiger partial charge >= 0.3 is 0 Å². The standard InChI is InChI=1S/C15H20F2N2/c16-12-5-11(6-13(17)7-12)15(8-18)19(14-3-4-14)9-10-1-2-10/h5-7,10,14-15H,1-4,8-9,18H2. The summed E-state index contributed by atoms with van der Waals surface area (Å²) in [6, 6.07) is 4.25. The highest BCUT2D eigenvalue weighted by molar-refractivity contribution is 5.22. The predicted molar refractivity (Wildman–Crippen MR) is 70.6 cm³/mol. The van der Waals surface area contributed by atoms with Gasteiger partial charge < -0.3 is 5.73 Å². The van der Waals surface area contributed by atoms with Crippen LogP contribution in [0.1, 0.15) is 37.3 Å². The van der Waals surface area contributed by atoms with Crippen LogP contribution in [0.5, 0.6) is 0 Å². The van der Waals surface area contributed by atoms with Gasteiger partial charge in [0.05, 0.1) is 0 Å². The van der Waals surface area contributed by atoms with E-state index < -0.39 is 11.6 Å². The SMILES string of the molecule is NCC(c1cc(F)cc(F)c1)N(CC1CC1)C1CC1. The highest BCUT2D eigenvalue weighted by atomic mass is 19.1. The van der Waals surface area contributed by atoms with E-state index in [0.717, 1.165) is 18.5 Å². The van der Waals surface area contributed by atoms with E-state index in [2.05, 4.69) is 4.90 Å². The van der Waals surface area contributed by atoms with E-state index in [0.29, 0.717) is 18.2 Å². The summed E-state index contributed by atoms with van der Waals surface area (Å²) >= 11 is 0. The van der Waals surface area contributed by atoms with Crippen LogP contribution >= 0.6 is 0 Å². The van der Waals surface area contributed by atoms with E-state index in [9.17, 15) is 8.78 Å². The van der Waals surface area contributed by atoms with E-state index in [1.807, 2.05) is 0 Å². The summed E-state index contributed by atoms with van der Waals surface area (Å²) in [5, 5.41) is 0. The average Bonchev–Trinajstić information content (AvgIpc) is 3.22. The lowest BCUT2D eigenvalue weighted by atomic mass is 10.0. The first-order chi connectivity index (χ1) is 9.17. The molecule has 2 nitrogen and oxygen atoms in total. The Morgan fingerprint density at radius 2 is 1.74 bits per heavy atom. The zero-order valence-electron chi connectivity index (χ0n) is 11.0. The summed E-state index contributed by atoms with van der Waals surface area (Å²) in [6.07, 6.45) is 4.91. The molecule has 0 heterocycles. The smallest absolute Gasteiger partial charge is 0.126 e. The third-order valence-corrected chi connectivity index (χ3v) is 4.08. The van der Waals surface area contributed by atoms with Crippen LogP contribution in [-0.4, -0.2) is 24.0 Å². The van der Waals surface area contributed by atoms with E-state index in [1.54, 1.807) is 0 Å². The van der Waals surface area contributed by atoms with Crippen LogP contribution < -0.4 is 5.73 Å². The van der Waals surface area contributed by atoms with E-state index in [-0.39, 0.29) is 6.04 Å². The van der Waals surface area contributed by atoms with Crippen molar-refractivity contribution in [2.45, 2.75) is 37.8 Å². The second-order valence-corrected chi connectivity index (χ2v) is 5.83. The van der Waals surface area contributed by atoms with Crippen molar-refractivity contribution in [3.05, 3.63) is 35.4 Å². The molecule has 0 amide bonds. The van der Waals surface area contributed by atoms with Gasteiger partial charge in [-0.3, -0.25) is 4.90 Å². The van der Waals surface area contributed by atoms with Crippen LogP contribution in [0.15, 0.2) is 18.2 Å². The lowest BCUT2D eigenvalue weighted by molar-refractivity contribution is 0.182. The highest BCUT2D eigenvalue weighted by Crippen LogP contribution is 2.39. The maximum atomic E-state index is 13.4. The van der Waals surface area contributed by atoms with Gasteiger partial charge in [0.2, 0.25) is 0 Å². The van der Waals surface area contributed by atoms with Crippen molar-refractivity contribution in [1.29, 1.82) is 0 Å². The molecule has 1 aromatic carbocycles. The van der Waals surface area contributed by atoms with Gasteiger partial charge in [0.25, 0.3) is 0 Å². The molecule has 0 bridgehead atoms. The molecule has 2 saturated carbocycles. The molecule has 1 unspecified atom stereocenters. The zero-order chi connectivity index (χ0) is 13.4. The first-order valence-electron chi connectivity index (χ1n) is 7.09. The molecule has 2 N–H and O–H groups in total. The van der Waals surface area contributed by atoms with Crippen molar-refractivity contribution < 1.29 is 8.78 Å². The molecule has 19 heavy (non-hydrogen) atoms. The lowest BCUT2D eigenvalue weighted by Crippen LogP contribution is -2.37. The van der Waals surface area contributed by atoms with Crippen molar-refractivity contribution in [3.8, 4) is 0 Å². The van der Waals surface area contributed by atoms with Crippen LogP contribution in [0, 0.1) is 17.6 Å². The first kappa shape index (κ1) is 13.0. The van der Waals surface area contributed by atoms with Gasteiger partial charge in [0.15, 0.2) is 0 Å². The van der Waals surface area contributed by atoms with Gasteiger partial charge in [-0.05, 0) is 49.3 Å². The Hall–Kier alpha value is -1.00. The molecule has 0 radical (unpaired) electrons. The van der Waals surface area contributed by atoms with E-state index in [4.69, 9.17) is 5.73 Å². The summed E-state index contributed by atoms with van der Waals surface area (Å²) < 4.78 is 26.8. The number of hydrogen-bond acceptors (Lipinski definition) is 2. The van der Waals surface area contributed by atoms with Crippen LogP contribution in [0.3, 0.4) is 0 Å². The number of nitrogens with two attached hydrogens (primary N) is 1. The van der Waals surface area contributed by atoms with Gasteiger partial charge in [-0.15, -0.1) is 0 Å². The maximum Gasteiger partial charge on any atom is 0.126 e. The first-order valence-corrected chi connectivity index (χ1v) is 7.09. The van der Waals surface area contributed by atoms with Crippen molar-refractivity contribution in [1.82, 2.24) is 4.90 Å². The molecular weight excluding hydrogens is 246 g/mol. The van der Waals surface area contributed by atoms with Crippen LogP contribution in [0.4, 0.5) is 8.78 Å². The molecule has 0 spiro atoms. The minimum absolute atomic E-state index is 0.0571. The molecule has 2 fully saturated rings. The zero-order valence-corrected chi connectivity index (χ0v) is 11.0. The Bertz CT molecular complexity index is 435. The molecule has 3 rings (SSSR count). The predicted octanol–water partition coefficient (Wildman–Crippen LogP) is 2.84. The molecular formula is C15H20F2N2. The molecule has 2 aliphatic carbocycles. The quantitative estimate of drug-likeness (QED) is 0.858. The Morgan fingerprint density at radius 1 is 1.11 bits per heavy atom. The summed E-state index contributed by atoms with van der Waals surface area (Å²) in [5.41, 5.74) is 6.55. The monoisotopic (exact) mass is 266 g/mol. The van der Waals surface area contributed by atoms with E-state index >= 15 is 0 Å². The van der Waals surface area contributed by atoms with Crippen LogP contribution in [-0.2, 0) is 0 Å². The van der Waals surface area contributed by atoms with E-state index in [1.165, 1.54) is 37.8 Å². The number of nitrogens with zero attached hydrogens (tertiary/aromatic N) is 1. The minimum atomic E-state index is -0.518. The Balaban J connectivity index is 1.83. The topological polar surface area (TPSA) is 29.3 Å². The molecule has 1 atom stereocenters. The fourth-order valence-corrected chi connectivity index (χ4v) is 2.77. The molecule has 0 aliphatic heterocycles. The number of halogens is 2. The molecule has 0 saturated heterocycles. The summed E-state index contributed by atoms with van der Waals surface area (Å²) in [4.78, 5) is 2.37. The molecule has 104 valence electrons. The Kier molecular flexibility index (Phi) is 3.54. The van der Waals surface area contributed by atoms with Gasteiger partial charge in [0.1, 0.15) is 11.6 Å². The summed E-state index contributed by atoms with van der Waals surface area (Å²) in [7, 11) is 0. The largest absolute Gasteiger partial charge is 0.329 e. The molecule has 1 aromatic rings. The van der Waals surface area contributed by atoms with Crippen LogP contribution in [0.2, 0.25) is 0 Å². The molecule has 2 aliphatic rings. The Morgan fingerprint density at radius 3 is 2.21 bits per heavy atom. The molecule has 4 heteroatoms. The van der Waals surface area contributed by atoms with Crippen molar-refractivity contribution >= 4 is 0 Å². The van der Waals surface area contributed by atoms with Gasteiger partial charge in [-0.2, -0.15) is 0 Å². The van der Waals surface area contributed by atoms with Crippen LogP contribution in [0.25, 0.3) is 0 Å². The second kappa shape index (κ2) is 5.17. The fourth-order valence-electron chi connectivity index (χ4n) is 2.77. The number of rotatable bonds is 6. The number of benzene rings is 1. The highest BCUT2D eigenvalue weighted by Gasteiger charge is 2.37. The second-order valence-electron chi connectivity index (χ2n) is 5.83. The van der Waals surface area contributed by atoms with Crippen molar-refractivity contribution in [2.75, 3.05) is 13.1 Å². The molecule has 0 aromatic heterocycles. The third-order valence-electron chi connectivity index (χ3n) is 4.08. The maximum absolute atomic E-state index is 13.4. The fraction of sp³-hybridized carbons (Fsp3) is 0.600.